The fourth-order valence-corrected chi connectivity index (χ4v) is 4.00. The first kappa shape index (κ1) is 22.3. The van der Waals surface area contributed by atoms with Crippen molar-refractivity contribution in [3.05, 3.63) is 57.8 Å². The Morgan fingerprint density at radius 1 is 1.23 bits per heavy atom. The van der Waals surface area contributed by atoms with Crippen molar-refractivity contribution in [3.8, 4) is 5.75 Å². The normalized spacial score (nSPS) is 17.4. The molecule has 1 saturated heterocycles. The van der Waals surface area contributed by atoms with Crippen LogP contribution in [-0.2, 0) is 4.79 Å². The van der Waals surface area contributed by atoms with Crippen LogP contribution in [0.25, 0.3) is 0 Å². The standard InChI is InChI=1S/C23H26BrFN2O3/c1-14-12-17(23(29)27-11-5-4-6-15(27)2)7-9-20(14)26-22(28)16(3)30-21-10-8-18(25)13-19(21)24/h7-10,12-13,15-16H,4-6,11H2,1-3H3,(H,26,28). The van der Waals surface area contributed by atoms with E-state index in [1.807, 2.05) is 11.8 Å². The number of halogens is 2. The second kappa shape index (κ2) is 9.60. The Bertz CT molecular complexity index is 950. The number of piperidine rings is 1. The molecule has 1 heterocycles. The van der Waals surface area contributed by atoms with Crippen molar-refractivity contribution in [1.82, 2.24) is 4.90 Å². The van der Waals surface area contributed by atoms with Crippen LogP contribution < -0.4 is 10.1 Å². The van der Waals surface area contributed by atoms with E-state index in [1.165, 1.54) is 18.2 Å². The summed E-state index contributed by atoms with van der Waals surface area (Å²) in [5.41, 5.74) is 2.05. The Labute approximate surface area is 184 Å². The zero-order valence-corrected chi connectivity index (χ0v) is 19.0. The average Bonchev–Trinajstić information content (AvgIpc) is 2.71. The minimum Gasteiger partial charge on any atom is -0.480 e. The highest BCUT2D eigenvalue weighted by Gasteiger charge is 2.25. The Morgan fingerprint density at radius 3 is 2.67 bits per heavy atom. The van der Waals surface area contributed by atoms with Crippen molar-refractivity contribution in [1.29, 1.82) is 0 Å². The van der Waals surface area contributed by atoms with Gasteiger partial charge in [0.1, 0.15) is 11.6 Å². The van der Waals surface area contributed by atoms with E-state index < -0.39 is 11.9 Å². The van der Waals surface area contributed by atoms with Gasteiger partial charge < -0.3 is 15.0 Å². The summed E-state index contributed by atoms with van der Waals surface area (Å²) in [6, 6.07) is 9.56. The number of nitrogens with one attached hydrogen (secondary N) is 1. The summed E-state index contributed by atoms with van der Waals surface area (Å²) in [5, 5.41) is 2.84. The number of aryl methyl sites for hydroxylation is 1. The van der Waals surface area contributed by atoms with E-state index in [0.717, 1.165) is 31.4 Å². The fraction of sp³-hybridized carbons (Fsp3) is 0.391. The number of ether oxygens (including phenoxy) is 1. The van der Waals surface area contributed by atoms with Gasteiger partial charge in [-0.05, 0) is 97.9 Å². The summed E-state index contributed by atoms with van der Waals surface area (Å²) in [5.74, 6) is -0.318. The fourth-order valence-electron chi connectivity index (χ4n) is 3.55. The smallest absolute Gasteiger partial charge is 0.265 e. The number of nitrogens with zero attached hydrogens (tertiary/aromatic N) is 1. The monoisotopic (exact) mass is 476 g/mol. The van der Waals surface area contributed by atoms with Crippen LogP contribution in [0.3, 0.4) is 0 Å². The lowest BCUT2D eigenvalue weighted by molar-refractivity contribution is -0.122. The number of anilines is 1. The molecule has 0 radical (unpaired) electrons. The van der Waals surface area contributed by atoms with Gasteiger partial charge in [-0.2, -0.15) is 0 Å². The average molecular weight is 477 g/mol. The highest BCUT2D eigenvalue weighted by molar-refractivity contribution is 9.10. The lowest BCUT2D eigenvalue weighted by Gasteiger charge is -2.33. The van der Waals surface area contributed by atoms with E-state index in [4.69, 9.17) is 4.74 Å². The van der Waals surface area contributed by atoms with E-state index >= 15 is 0 Å². The quantitative estimate of drug-likeness (QED) is 0.635. The maximum absolute atomic E-state index is 13.2. The third kappa shape index (κ3) is 5.19. The Morgan fingerprint density at radius 2 is 2.00 bits per heavy atom. The molecule has 3 rings (SSSR count). The molecule has 1 N–H and O–H groups in total. The molecule has 2 amide bonds. The van der Waals surface area contributed by atoms with Crippen molar-refractivity contribution in [2.75, 3.05) is 11.9 Å². The van der Waals surface area contributed by atoms with E-state index in [1.54, 1.807) is 25.1 Å². The molecular formula is C23H26BrFN2O3. The predicted octanol–water partition coefficient (Wildman–Crippen LogP) is 5.32. The van der Waals surface area contributed by atoms with Crippen LogP contribution in [-0.4, -0.2) is 35.4 Å². The van der Waals surface area contributed by atoms with Crippen LogP contribution in [0.15, 0.2) is 40.9 Å². The molecule has 160 valence electrons. The predicted molar refractivity (Wildman–Crippen MR) is 118 cm³/mol. The molecule has 0 aromatic heterocycles. The number of carbonyl (C=O) groups is 2. The lowest BCUT2D eigenvalue weighted by Crippen LogP contribution is -2.42. The molecule has 2 aromatic carbocycles. The molecule has 2 atom stereocenters. The van der Waals surface area contributed by atoms with Gasteiger partial charge in [-0.1, -0.05) is 0 Å². The van der Waals surface area contributed by atoms with Gasteiger partial charge in [0.15, 0.2) is 6.10 Å². The summed E-state index contributed by atoms with van der Waals surface area (Å²) in [6.07, 6.45) is 2.43. The van der Waals surface area contributed by atoms with Gasteiger partial charge in [-0.3, -0.25) is 9.59 Å². The molecule has 0 bridgehead atoms. The number of amides is 2. The van der Waals surface area contributed by atoms with Gasteiger partial charge in [-0.25, -0.2) is 4.39 Å². The maximum Gasteiger partial charge on any atom is 0.265 e. The van der Waals surface area contributed by atoms with Crippen LogP contribution in [0.4, 0.5) is 10.1 Å². The minimum absolute atomic E-state index is 0.0287. The van der Waals surface area contributed by atoms with Crippen molar-refractivity contribution in [3.63, 3.8) is 0 Å². The van der Waals surface area contributed by atoms with Crippen molar-refractivity contribution < 1.29 is 18.7 Å². The molecule has 2 unspecified atom stereocenters. The number of likely N-dealkylation sites (tertiary alicyclic amines) is 1. The van der Waals surface area contributed by atoms with E-state index in [0.29, 0.717) is 21.5 Å². The molecular weight excluding hydrogens is 451 g/mol. The summed E-state index contributed by atoms with van der Waals surface area (Å²) in [6.45, 7) is 6.34. The van der Waals surface area contributed by atoms with Crippen LogP contribution >= 0.6 is 15.9 Å². The summed E-state index contributed by atoms with van der Waals surface area (Å²) < 4.78 is 19.3. The third-order valence-electron chi connectivity index (χ3n) is 5.36. The molecule has 1 aliphatic heterocycles. The Kier molecular flexibility index (Phi) is 7.13. The number of benzene rings is 2. The number of rotatable bonds is 5. The minimum atomic E-state index is -0.790. The lowest BCUT2D eigenvalue weighted by atomic mass is 10.0. The first-order valence-corrected chi connectivity index (χ1v) is 10.9. The molecule has 7 heteroatoms. The first-order chi connectivity index (χ1) is 14.3. The Hall–Kier alpha value is -2.41. The first-order valence-electron chi connectivity index (χ1n) is 10.1. The van der Waals surface area contributed by atoms with Crippen LogP contribution in [0.1, 0.15) is 49.0 Å². The SMILES string of the molecule is Cc1cc(C(=O)N2CCCCC2C)ccc1NC(=O)C(C)Oc1ccc(F)cc1Br. The topological polar surface area (TPSA) is 58.6 Å². The van der Waals surface area contributed by atoms with Gasteiger partial charge >= 0.3 is 0 Å². The van der Waals surface area contributed by atoms with Crippen LogP contribution in [0, 0.1) is 12.7 Å². The van der Waals surface area contributed by atoms with E-state index in [-0.39, 0.29) is 17.9 Å². The van der Waals surface area contributed by atoms with Gasteiger partial charge in [0.05, 0.1) is 4.47 Å². The molecule has 1 aliphatic rings. The summed E-state index contributed by atoms with van der Waals surface area (Å²) in [4.78, 5) is 27.3. The summed E-state index contributed by atoms with van der Waals surface area (Å²) >= 11 is 3.23. The summed E-state index contributed by atoms with van der Waals surface area (Å²) in [7, 11) is 0. The van der Waals surface area contributed by atoms with Crippen molar-refractivity contribution in [2.45, 2.75) is 52.2 Å². The number of hydrogen-bond donors (Lipinski definition) is 1. The molecule has 5 nitrogen and oxygen atoms in total. The Balaban J connectivity index is 1.66. The van der Waals surface area contributed by atoms with E-state index in [2.05, 4.69) is 28.2 Å². The van der Waals surface area contributed by atoms with Crippen LogP contribution in [0.5, 0.6) is 5.75 Å². The highest BCUT2D eigenvalue weighted by atomic mass is 79.9. The molecule has 1 fully saturated rings. The molecule has 0 spiro atoms. The van der Waals surface area contributed by atoms with E-state index in [9.17, 15) is 14.0 Å². The van der Waals surface area contributed by atoms with Crippen molar-refractivity contribution >= 4 is 33.4 Å². The van der Waals surface area contributed by atoms with Crippen LogP contribution in [0.2, 0.25) is 0 Å². The largest absolute Gasteiger partial charge is 0.480 e. The third-order valence-corrected chi connectivity index (χ3v) is 5.98. The molecule has 0 aliphatic carbocycles. The second-order valence-corrected chi connectivity index (χ2v) is 8.55. The zero-order chi connectivity index (χ0) is 21.8. The second-order valence-electron chi connectivity index (χ2n) is 7.70. The van der Waals surface area contributed by atoms with Gasteiger partial charge in [-0.15, -0.1) is 0 Å². The van der Waals surface area contributed by atoms with Gasteiger partial charge in [0, 0.05) is 23.8 Å². The zero-order valence-electron chi connectivity index (χ0n) is 17.4. The number of hydrogen-bond acceptors (Lipinski definition) is 3. The molecule has 0 saturated carbocycles. The van der Waals surface area contributed by atoms with Gasteiger partial charge in [0.2, 0.25) is 0 Å². The molecule has 2 aromatic rings. The molecule has 30 heavy (non-hydrogen) atoms. The van der Waals surface area contributed by atoms with Crippen molar-refractivity contribution in [2.24, 2.45) is 0 Å². The van der Waals surface area contributed by atoms with Gasteiger partial charge in [0.25, 0.3) is 11.8 Å². The maximum atomic E-state index is 13.2. The number of carbonyl (C=O) groups excluding carboxylic acids is 2. The highest BCUT2D eigenvalue weighted by Crippen LogP contribution is 2.27.